The Balaban J connectivity index is 1.80. The van der Waals surface area contributed by atoms with Crippen LogP contribution < -0.4 is 10.3 Å². The molecule has 0 saturated heterocycles. The van der Waals surface area contributed by atoms with Gasteiger partial charge in [0.1, 0.15) is 5.75 Å². The van der Waals surface area contributed by atoms with E-state index in [2.05, 4.69) is 54.6 Å². The number of aryl methyl sites for hydroxylation is 1. The van der Waals surface area contributed by atoms with Crippen LogP contribution in [0.15, 0.2) is 77.6 Å². The van der Waals surface area contributed by atoms with E-state index in [1.54, 1.807) is 7.11 Å². The maximum atomic E-state index is 13.8. The lowest BCUT2D eigenvalue weighted by Gasteiger charge is -2.23. The molecule has 0 atom stereocenters. The predicted octanol–water partition coefficient (Wildman–Crippen LogP) is 6.24. The molecule has 4 aromatic carbocycles. The lowest BCUT2D eigenvalue weighted by molar-refractivity contribution is 0.420. The molecule has 1 aromatic heterocycles. The quantitative estimate of drug-likeness (QED) is 0.256. The molecule has 5 aromatic rings. The summed E-state index contributed by atoms with van der Waals surface area (Å²) in [4.78, 5) is 13.8. The minimum Gasteiger partial charge on any atom is -0.496 e. The van der Waals surface area contributed by atoms with Crippen molar-refractivity contribution in [2.24, 2.45) is 0 Å². The van der Waals surface area contributed by atoms with Gasteiger partial charge in [-0.3, -0.25) is 4.79 Å². The molecule has 0 unspecified atom stereocenters. The molecule has 0 aliphatic heterocycles. The average Bonchev–Trinajstić information content (AvgIpc) is 2.85. The Bertz CT molecular complexity index is 1550. The van der Waals surface area contributed by atoms with Crippen LogP contribution in [0.25, 0.3) is 32.4 Å². The van der Waals surface area contributed by atoms with Crippen LogP contribution in [0, 0.1) is 0 Å². The third kappa shape index (κ3) is 2.92. The highest BCUT2D eigenvalue weighted by molar-refractivity contribution is 6.14. The Morgan fingerprint density at radius 3 is 2.16 bits per heavy atom. The zero-order valence-electron chi connectivity index (χ0n) is 18.2. The summed E-state index contributed by atoms with van der Waals surface area (Å²) < 4.78 is 7.88. The Hall–Kier alpha value is -3.59. The van der Waals surface area contributed by atoms with Crippen LogP contribution >= 0.6 is 0 Å². The van der Waals surface area contributed by atoms with E-state index in [0.29, 0.717) is 6.54 Å². The Labute approximate surface area is 186 Å². The number of pyridine rings is 1. The Morgan fingerprint density at radius 1 is 0.781 bits per heavy atom. The van der Waals surface area contributed by atoms with Crippen LogP contribution in [-0.4, -0.2) is 11.7 Å². The maximum Gasteiger partial charge on any atom is 0.254 e. The molecule has 0 fully saturated rings. The first kappa shape index (κ1) is 19.1. The third-order valence-corrected chi connectivity index (χ3v) is 6.91. The van der Waals surface area contributed by atoms with Gasteiger partial charge in [-0.15, -0.1) is 0 Å². The van der Waals surface area contributed by atoms with Crippen molar-refractivity contribution >= 4 is 32.4 Å². The molecule has 32 heavy (non-hydrogen) atoms. The van der Waals surface area contributed by atoms with Crippen molar-refractivity contribution in [3.63, 3.8) is 0 Å². The molecule has 0 bridgehead atoms. The van der Waals surface area contributed by atoms with Crippen molar-refractivity contribution < 1.29 is 4.74 Å². The molecule has 0 saturated carbocycles. The molecular formula is C29H25NO2. The number of fused-ring (bicyclic) bond motifs is 6. The monoisotopic (exact) mass is 419 g/mol. The first-order chi connectivity index (χ1) is 15.7. The fourth-order valence-electron chi connectivity index (χ4n) is 5.37. The van der Waals surface area contributed by atoms with Crippen molar-refractivity contribution in [1.29, 1.82) is 0 Å². The van der Waals surface area contributed by atoms with Crippen LogP contribution in [0.3, 0.4) is 0 Å². The normalized spacial score (nSPS) is 13.5. The number of rotatable bonds is 3. The summed E-state index contributed by atoms with van der Waals surface area (Å²) in [6.45, 7) is 0.567. The topological polar surface area (TPSA) is 31.2 Å². The Kier molecular flexibility index (Phi) is 4.50. The smallest absolute Gasteiger partial charge is 0.254 e. The number of benzene rings is 4. The average molecular weight is 420 g/mol. The van der Waals surface area contributed by atoms with E-state index in [1.165, 1.54) is 16.3 Å². The first-order valence-electron chi connectivity index (χ1n) is 11.4. The fourth-order valence-corrected chi connectivity index (χ4v) is 5.37. The fraction of sp³-hybridized carbons (Fsp3) is 0.207. The summed E-state index contributed by atoms with van der Waals surface area (Å²) >= 11 is 0. The second-order valence-electron chi connectivity index (χ2n) is 8.76. The van der Waals surface area contributed by atoms with E-state index in [-0.39, 0.29) is 5.56 Å². The molecule has 0 N–H and O–H groups in total. The lowest BCUT2D eigenvalue weighted by Crippen LogP contribution is -2.28. The number of aromatic nitrogens is 1. The van der Waals surface area contributed by atoms with Crippen molar-refractivity contribution in [2.75, 3.05) is 7.11 Å². The van der Waals surface area contributed by atoms with Gasteiger partial charge in [0, 0.05) is 21.7 Å². The van der Waals surface area contributed by atoms with Crippen LogP contribution in [0.1, 0.15) is 29.5 Å². The van der Waals surface area contributed by atoms with Crippen LogP contribution in [0.5, 0.6) is 5.75 Å². The van der Waals surface area contributed by atoms with E-state index in [1.807, 2.05) is 22.8 Å². The molecule has 158 valence electrons. The van der Waals surface area contributed by atoms with E-state index >= 15 is 0 Å². The zero-order valence-corrected chi connectivity index (χ0v) is 18.2. The highest BCUT2D eigenvalue weighted by Crippen LogP contribution is 2.39. The number of hydrogen-bond donors (Lipinski definition) is 0. The second kappa shape index (κ2) is 7.52. The molecule has 1 aliphatic carbocycles. The molecule has 0 radical (unpaired) electrons. The van der Waals surface area contributed by atoms with Gasteiger partial charge in [-0.25, -0.2) is 0 Å². The number of ether oxygens (including phenoxy) is 1. The van der Waals surface area contributed by atoms with Crippen LogP contribution in [-0.2, 0) is 19.4 Å². The first-order valence-corrected chi connectivity index (χ1v) is 11.4. The van der Waals surface area contributed by atoms with Crippen LogP contribution in [0.4, 0.5) is 0 Å². The third-order valence-electron chi connectivity index (χ3n) is 6.91. The zero-order chi connectivity index (χ0) is 21.7. The summed E-state index contributed by atoms with van der Waals surface area (Å²) in [6, 6.07) is 25.3. The van der Waals surface area contributed by atoms with Gasteiger partial charge in [0.25, 0.3) is 5.56 Å². The summed E-state index contributed by atoms with van der Waals surface area (Å²) in [7, 11) is 1.74. The standard InChI is InChI=1S/C29H25NO2/c1-32-27-17-26-22-13-7-8-14-23(22)29(31)30(18-19-9-3-2-4-10-19)28(26)25-16-21-12-6-5-11-20(21)15-24(25)27/h2-6,9-12,15-17H,7-8,13-14,18H2,1H3. The minimum atomic E-state index is 0.163. The summed E-state index contributed by atoms with van der Waals surface area (Å²) in [5, 5.41) is 5.64. The molecule has 6 rings (SSSR count). The van der Waals surface area contributed by atoms with E-state index in [4.69, 9.17) is 4.74 Å². The molecule has 3 nitrogen and oxygen atoms in total. The lowest BCUT2D eigenvalue weighted by atomic mass is 9.88. The number of hydrogen-bond acceptors (Lipinski definition) is 2. The van der Waals surface area contributed by atoms with E-state index in [9.17, 15) is 4.79 Å². The van der Waals surface area contributed by atoms with Gasteiger partial charge < -0.3 is 9.30 Å². The molecule has 3 heteroatoms. The number of nitrogens with zero attached hydrogens (tertiary/aromatic N) is 1. The molecule has 1 aliphatic rings. The van der Waals surface area contributed by atoms with Gasteiger partial charge in [0.2, 0.25) is 0 Å². The summed E-state index contributed by atoms with van der Waals surface area (Å²) in [6.07, 6.45) is 4.02. The van der Waals surface area contributed by atoms with Crippen LogP contribution in [0.2, 0.25) is 0 Å². The van der Waals surface area contributed by atoms with Crippen molar-refractivity contribution in [3.8, 4) is 5.75 Å². The van der Waals surface area contributed by atoms with Gasteiger partial charge in [0.15, 0.2) is 0 Å². The Morgan fingerprint density at radius 2 is 1.44 bits per heavy atom. The van der Waals surface area contributed by atoms with Gasteiger partial charge in [-0.05, 0) is 65.8 Å². The summed E-state index contributed by atoms with van der Waals surface area (Å²) in [5.74, 6) is 0.871. The minimum absolute atomic E-state index is 0.163. The van der Waals surface area contributed by atoms with E-state index < -0.39 is 0 Å². The summed E-state index contributed by atoms with van der Waals surface area (Å²) in [5.41, 5.74) is 4.53. The van der Waals surface area contributed by atoms with Gasteiger partial charge in [0.05, 0.1) is 19.2 Å². The highest BCUT2D eigenvalue weighted by Gasteiger charge is 2.22. The highest BCUT2D eigenvalue weighted by atomic mass is 16.5. The largest absolute Gasteiger partial charge is 0.496 e. The molecule has 0 spiro atoms. The van der Waals surface area contributed by atoms with Crippen molar-refractivity contribution in [3.05, 3.63) is 99.8 Å². The van der Waals surface area contributed by atoms with Crippen molar-refractivity contribution in [2.45, 2.75) is 32.2 Å². The van der Waals surface area contributed by atoms with Crippen molar-refractivity contribution in [1.82, 2.24) is 4.57 Å². The molecule has 1 heterocycles. The molecular weight excluding hydrogens is 394 g/mol. The van der Waals surface area contributed by atoms with E-state index in [0.717, 1.165) is 64.2 Å². The predicted molar refractivity (Wildman–Crippen MR) is 132 cm³/mol. The maximum absolute atomic E-state index is 13.8. The molecule has 0 amide bonds. The van der Waals surface area contributed by atoms with Gasteiger partial charge in [-0.2, -0.15) is 0 Å². The second-order valence-corrected chi connectivity index (χ2v) is 8.76. The number of methoxy groups -OCH3 is 1. The SMILES string of the molecule is COc1cc2c3c(c(=O)n(Cc4ccccc4)c2c2cc4ccccc4cc12)CCCC3. The van der Waals surface area contributed by atoms with Gasteiger partial charge in [-0.1, -0.05) is 54.6 Å². The van der Waals surface area contributed by atoms with Gasteiger partial charge >= 0.3 is 0 Å².